The molecule has 0 spiro atoms. The topological polar surface area (TPSA) is 77.0 Å². The Morgan fingerprint density at radius 1 is 1.36 bits per heavy atom. The number of aliphatic hydroxyl groups excluding tert-OH is 1. The molecule has 0 aliphatic heterocycles. The summed E-state index contributed by atoms with van der Waals surface area (Å²) in [7, 11) is 0. The maximum atomic E-state index is 8.50. The molecule has 0 unspecified atom stereocenters. The van der Waals surface area contributed by atoms with Gasteiger partial charge in [0.1, 0.15) is 17.7 Å². The fourth-order valence-corrected chi connectivity index (χ4v) is 0.711. The molecule has 0 saturated carbocycles. The van der Waals surface area contributed by atoms with Crippen LogP contribution in [-0.4, -0.2) is 24.9 Å². The van der Waals surface area contributed by atoms with Crippen LogP contribution in [0, 0.1) is 22.7 Å². The zero-order valence-electron chi connectivity index (χ0n) is 8.03. The van der Waals surface area contributed by atoms with Crippen LogP contribution >= 0.6 is 0 Å². The number of ether oxygens (including phenoxy) is 1. The first-order valence-corrected chi connectivity index (χ1v) is 4.09. The summed E-state index contributed by atoms with van der Waals surface area (Å²) in [5.74, 6) is 0. The Bertz CT molecular complexity index is 289. The molecule has 4 heteroatoms. The lowest BCUT2D eigenvalue weighted by atomic mass is 10.2. The molecule has 0 bridgehead atoms. The second-order valence-corrected chi connectivity index (χ2v) is 2.55. The number of nitrogens with zero attached hydrogens (tertiary/aromatic N) is 2. The Labute approximate surface area is 83.3 Å². The maximum absolute atomic E-state index is 8.50. The zero-order valence-corrected chi connectivity index (χ0v) is 8.03. The van der Waals surface area contributed by atoms with Crippen LogP contribution in [0.4, 0.5) is 0 Å². The second-order valence-electron chi connectivity index (χ2n) is 2.55. The summed E-state index contributed by atoms with van der Waals surface area (Å²) in [6, 6.07) is 3.57. The van der Waals surface area contributed by atoms with Crippen molar-refractivity contribution in [2.24, 2.45) is 0 Å². The highest BCUT2D eigenvalue weighted by atomic mass is 16.5. The van der Waals surface area contributed by atoms with Crippen molar-refractivity contribution < 1.29 is 9.84 Å². The van der Waals surface area contributed by atoms with E-state index in [1.54, 1.807) is 31.2 Å². The highest BCUT2D eigenvalue weighted by Crippen LogP contribution is 2.01. The Hall–Kier alpha value is -1.62. The minimum Gasteiger partial charge on any atom is -0.392 e. The highest BCUT2D eigenvalue weighted by molar-refractivity contribution is 5.39. The lowest BCUT2D eigenvalue weighted by Crippen LogP contribution is -1.98. The molecular formula is C10H12N2O2. The third kappa shape index (κ3) is 5.10. The molecule has 0 aliphatic carbocycles. The van der Waals surface area contributed by atoms with Gasteiger partial charge in [0, 0.05) is 0 Å². The van der Waals surface area contributed by atoms with E-state index in [1.165, 1.54) is 0 Å². The van der Waals surface area contributed by atoms with Crippen LogP contribution in [-0.2, 0) is 4.74 Å². The van der Waals surface area contributed by atoms with E-state index in [4.69, 9.17) is 20.4 Å². The van der Waals surface area contributed by atoms with Gasteiger partial charge in [0.05, 0.1) is 19.8 Å². The van der Waals surface area contributed by atoms with Gasteiger partial charge in [-0.25, -0.2) is 0 Å². The highest BCUT2D eigenvalue weighted by Gasteiger charge is 1.99. The van der Waals surface area contributed by atoms with Crippen molar-refractivity contribution in [3.63, 3.8) is 0 Å². The van der Waals surface area contributed by atoms with Gasteiger partial charge in [-0.15, -0.1) is 0 Å². The molecule has 0 amide bonds. The molecule has 0 radical (unpaired) electrons. The molecule has 0 aliphatic rings. The third-order valence-corrected chi connectivity index (χ3v) is 1.46. The second kappa shape index (κ2) is 8.00. The molecule has 14 heavy (non-hydrogen) atoms. The Kier molecular flexibility index (Phi) is 7.07. The summed E-state index contributed by atoms with van der Waals surface area (Å²) in [6.45, 7) is 2.28. The van der Waals surface area contributed by atoms with Crippen molar-refractivity contribution in [2.45, 2.75) is 6.92 Å². The van der Waals surface area contributed by atoms with Gasteiger partial charge in [-0.3, -0.25) is 0 Å². The van der Waals surface area contributed by atoms with Crippen LogP contribution < -0.4 is 0 Å². The van der Waals surface area contributed by atoms with Crippen molar-refractivity contribution in [1.82, 2.24) is 0 Å². The summed E-state index contributed by atoms with van der Waals surface area (Å²) < 4.78 is 5.12. The van der Waals surface area contributed by atoms with Crippen LogP contribution in [0.1, 0.15) is 6.92 Å². The van der Waals surface area contributed by atoms with Crippen LogP contribution in [0.5, 0.6) is 0 Å². The summed E-state index contributed by atoms with van der Waals surface area (Å²) in [6.07, 6.45) is 3.24. The van der Waals surface area contributed by atoms with E-state index in [9.17, 15) is 0 Å². The van der Waals surface area contributed by atoms with Crippen molar-refractivity contribution in [2.75, 3.05) is 19.8 Å². The first kappa shape index (κ1) is 12.4. The fourth-order valence-electron chi connectivity index (χ4n) is 0.711. The molecule has 0 saturated heterocycles. The summed E-state index contributed by atoms with van der Waals surface area (Å²) in [4.78, 5) is 0. The van der Waals surface area contributed by atoms with E-state index in [-0.39, 0.29) is 18.8 Å². The van der Waals surface area contributed by atoms with E-state index in [0.29, 0.717) is 12.2 Å². The third-order valence-electron chi connectivity index (χ3n) is 1.46. The van der Waals surface area contributed by atoms with Gasteiger partial charge >= 0.3 is 0 Å². The smallest absolute Gasteiger partial charge is 0.130 e. The van der Waals surface area contributed by atoms with Crippen LogP contribution in [0.3, 0.4) is 0 Å². The molecule has 4 nitrogen and oxygen atoms in total. The predicted octanol–water partition coefficient (Wildman–Crippen LogP) is 0.915. The largest absolute Gasteiger partial charge is 0.392 e. The molecule has 0 fully saturated rings. The standard InChI is InChI=1S/C10H12N2O2/c1-9(10(6-11)7-12)8-14-5-3-2-4-13/h2-3,13H,4-5,8H2,1H3/b3-2+. The maximum Gasteiger partial charge on any atom is 0.130 e. The molecule has 0 rings (SSSR count). The summed E-state index contributed by atoms with van der Waals surface area (Å²) >= 11 is 0. The van der Waals surface area contributed by atoms with Gasteiger partial charge in [0.15, 0.2) is 0 Å². The van der Waals surface area contributed by atoms with E-state index >= 15 is 0 Å². The van der Waals surface area contributed by atoms with E-state index < -0.39 is 0 Å². The molecular weight excluding hydrogens is 180 g/mol. The molecule has 1 N–H and O–H groups in total. The quantitative estimate of drug-likeness (QED) is 0.399. The van der Waals surface area contributed by atoms with E-state index in [2.05, 4.69) is 0 Å². The van der Waals surface area contributed by atoms with Crippen LogP contribution in [0.25, 0.3) is 0 Å². The van der Waals surface area contributed by atoms with Gasteiger partial charge in [-0.2, -0.15) is 10.5 Å². The van der Waals surface area contributed by atoms with E-state index in [1.807, 2.05) is 0 Å². The fraction of sp³-hybridized carbons (Fsp3) is 0.400. The van der Waals surface area contributed by atoms with Crippen LogP contribution in [0.15, 0.2) is 23.3 Å². The number of rotatable bonds is 5. The van der Waals surface area contributed by atoms with Crippen molar-refractivity contribution in [3.8, 4) is 12.1 Å². The number of hydrogen-bond acceptors (Lipinski definition) is 4. The minimum atomic E-state index is -0.0141. The molecule has 74 valence electrons. The van der Waals surface area contributed by atoms with Crippen molar-refractivity contribution in [1.29, 1.82) is 10.5 Å². The van der Waals surface area contributed by atoms with Gasteiger partial charge in [0.25, 0.3) is 0 Å². The predicted molar refractivity (Wildman–Crippen MR) is 51.0 cm³/mol. The normalized spacial score (nSPS) is 9.43. The average molecular weight is 192 g/mol. The lowest BCUT2D eigenvalue weighted by Gasteiger charge is -2.00. The van der Waals surface area contributed by atoms with Gasteiger partial charge in [-0.05, 0) is 12.5 Å². The Morgan fingerprint density at radius 2 is 2.00 bits per heavy atom. The Morgan fingerprint density at radius 3 is 2.50 bits per heavy atom. The van der Waals surface area contributed by atoms with Gasteiger partial charge in [-0.1, -0.05) is 12.2 Å². The monoisotopic (exact) mass is 192 g/mol. The van der Waals surface area contributed by atoms with Crippen LogP contribution in [0.2, 0.25) is 0 Å². The Balaban J connectivity index is 3.92. The lowest BCUT2D eigenvalue weighted by molar-refractivity contribution is 0.186. The first-order chi connectivity index (χ1) is 6.76. The molecule has 0 heterocycles. The molecule has 0 aromatic rings. The summed E-state index contributed by atoms with van der Waals surface area (Å²) in [5.41, 5.74) is 0.712. The minimum absolute atomic E-state index is 0.0141. The molecule has 0 aromatic heterocycles. The number of hydrogen-bond donors (Lipinski definition) is 1. The van der Waals surface area contributed by atoms with Gasteiger partial charge in [0.2, 0.25) is 0 Å². The SMILES string of the molecule is CC(COC/C=C/CO)=C(C#N)C#N. The van der Waals surface area contributed by atoms with Crippen molar-refractivity contribution >= 4 is 0 Å². The number of aliphatic hydroxyl groups is 1. The van der Waals surface area contributed by atoms with Crippen molar-refractivity contribution in [3.05, 3.63) is 23.3 Å². The molecule has 0 atom stereocenters. The number of allylic oxidation sites excluding steroid dienone is 1. The van der Waals surface area contributed by atoms with Gasteiger partial charge < -0.3 is 9.84 Å². The average Bonchev–Trinajstić information content (AvgIpc) is 2.19. The van der Waals surface area contributed by atoms with E-state index in [0.717, 1.165) is 0 Å². The molecule has 0 aromatic carbocycles. The zero-order chi connectivity index (χ0) is 10.8. The number of nitriles is 2. The summed E-state index contributed by atoms with van der Waals surface area (Å²) in [5, 5.41) is 25.4. The first-order valence-electron chi connectivity index (χ1n) is 4.09.